The highest BCUT2D eigenvalue weighted by Gasteiger charge is 2.45. The van der Waals surface area contributed by atoms with Crippen LogP contribution in [-0.2, 0) is 9.59 Å². The Bertz CT molecular complexity index is 1070. The lowest BCUT2D eigenvalue weighted by molar-refractivity contribution is -0.139. The van der Waals surface area contributed by atoms with Crippen molar-refractivity contribution in [3.05, 3.63) is 75.8 Å². The van der Waals surface area contributed by atoms with Crippen molar-refractivity contribution in [1.82, 2.24) is 4.90 Å². The number of benzene rings is 2. The van der Waals surface area contributed by atoms with Crippen LogP contribution in [0, 0.1) is 6.92 Å². The van der Waals surface area contributed by atoms with Gasteiger partial charge < -0.3 is 10.0 Å². The maximum absolute atomic E-state index is 13.2. The van der Waals surface area contributed by atoms with Crippen LogP contribution in [0.1, 0.15) is 120 Å². The Morgan fingerprint density at radius 2 is 1.23 bits per heavy atom. The first-order valence-corrected chi connectivity index (χ1v) is 15.4. The van der Waals surface area contributed by atoms with Gasteiger partial charge in [-0.1, -0.05) is 144 Å². The predicted octanol–water partition coefficient (Wildman–Crippen LogP) is 9.55. The van der Waals surface area contributed by atoms with Gasteiger partial charge in [-0.15, -0.1) is 0 Å². The van der Waals surface area contributed by atoms with E-state index in [2.05, 4.69) is 6.92 Å². The van der Waals surface area contributed by atoms with Crippen molar-refractivity contribution in [2.75, 3.05) is 6.54 Å². The van der Waals surface area contributed by atoms with Crippen LogP contribution in [-0.4, -0.2) is 28.2 Å². The predicted molar refractivity (Wildman–Crippen MR) is 162 cm³/mol. The molecule has 1 heterocycles. The van der Waals surface area contributed by atoms with Gasteiger partial charge in [0.25, 0.3) is 11.7 Å². The van der Waals surface area contributed by atoms with E-state index in [0.29, 0.717) is 17.1 Å². The molecule has 1 aliphatic rings. The molecule has 2 aromatic rings. The molecule has 3 rings (SSSR count). The van der Waals surface area contributed by atoms with E-state index in [-0.39, 0.29) is 11.3 Å². The summed E-state index contributed by atoms with van der Waals surface area (Å²) in [5.74, 6) is -1.30. The van der Waals surface area contributed by atoms with Crippen molar-refractivity contribution in [3.8, 4) is 0 Å². The minimum Gasteiger partial charge on any atom is -0.507 e. The van der Waals surface area contributed by atoms with Gasteiger partial charge >= 0.3 is 0 Å². The maximum Gasteiger partial charge on any atom is 0.295 e. The second-order valence-corrected chi connectivity index (χ2v) is 11.4. The van der Waals surface area contributed by atoms with Crippen molar-refractivity contribution in [3.63, 3.8) is 0 Å². The number of amides is 1. The highest BCUT2D eigenvalue weighted by molar-refractivity contribution is 6.46. The quantitative estimate of drug-likeness (QED) is 0.0921. The van der Waals surface area contributed by atoms with E-state index in [1.165, 1.54) is 70.6 Å². The fraction of sp³-hybridized carbons (Fsp3) is 0.529. The van der Waals surface area contributed by atoms with Crippen LogP contribution in [0.4, 0.5) is 0 Å². The lowest BCUT2D eigenvalue weighted by atomic mass is 9.95. The van der Waals surface area contributed by atoms with Crippen molar-refractivity contribution >= 4 is 29.1 Å². The smallest absolute Gasteiger partial charge is 0.295 e. The number of halogens is 1. The van der Waals surface area contributed by atoms with Crippen LogP contribution in [0.25, 0.3) is 5.76 Å². The molecule has 0 saturated carbocycles. The number of Topliss-reactive ketones (excluding diaryl/α,β-unsaturated/α-hetero) is 1. The Morgan fingerprint density at radius 1 is 0.744 bits per heavy atom. The molecule has 1 fully saturated rings. The molecule has 212 valence electrons. The molecule has 1 aliphatic heterocycles. The van der Waals surface area contributed by atoms with E-state index in [4.69, 9.17) is 11.6 Å². The Hall–Kier alpha value is -2.59. The molecule has 4 nitrogen and oxygen atoms in total. The van der Waals surface area contributed by atoms with Gasteiger partial charge in [-0.05, 0) is 31.0 Å². The highest BCUT2D eigenvalue weighted by Crippen LogP contribution is 2.40. The normalized spacial score (nSPS) is 16.8. The average molecular weight is 552 g/mol. The molecule has 1 N–H and O–H groups in total. The van der Waals surface area contributed by atoms with Crippen molar-refractivity contribution < 1.29 is 14.7 Å². The fourth-order valence-electron chi connectivity index (χ4n) is 5.45. The summed E-state index contributed by atoms with van der Waals surface area (Å²) in [5, 5.41) is 11.7. The number of rotatable bonds is 17. The first-order chi connectivity index (χ1) is 18.9. The van der Waals surface area contributed by atoms with Gasteiger partial charge in [0.1, 0.15) is 5.76 Å². The summed E-state index contributed by atoms with van der Waals surface area (Å²) in [5.41, 5.74) is 2.52. The number of aliphatic hydroxyl groups is 1. The molecule has 1 saturated heterocycles. The summed E-state index contributed by atoms with van der Waals surface area (Å²) in [6, 6.07) is 13.9. The summed E-state index contributed by atoms with van der Waals surface area (Å²) in [7, 11) is 0. The molecule has 0 spiro atoms. The van der Waals surface area contributed by atoms with Crippen molar-refractivity contribution in [2.45, 2.75) is 110 Å². The van der Waals surface area contributed by atoms with Gasteiger partial charge in [0.05, 0.1) is 11.6 Å². The van der Waals surface area contributed by atoms with Gasteiger partial charge in [-0.2, -0.15) is 0 Å². The maximum atomic E-state index is 13.2. The van der Waals surface area contributed by atoms with Gasteiger partial charge in [0.15, 0.2) is 0 Å². The van der Waals surface area contributed by atoms with Crippen LogP contribution < -0.4 is 0 Å². The number of hydrogen-bond donors (Lipinski definition) is 1. The van der Waals surface area contributed by atoms with Crippen LogP contribution in [0.3, 0.4) is 0 Å². The van der Waals surface area contributed by atoms with Crippen LogP contribution in [0.5, 0.6) is 0 Å². The van der Waals surface area contributed by atoms with Gasteiger partial charge in [-0.25, -0.2) is 0 Å². The molecule has 0 radical (unpaired) electrons. The van der Waals surface area contributed by atoms with Crippen LogP contribution >= 0.6 is 11.6 Å². The summed E-state index contributed by atoms with van der Waals surface area (Å²) in [6.07, 6.45) is 17.7. The third kappa shape index (κ3) is 9.24. The van der Waals surface area contributed by atoms with Crippen LogP contribution in [0.15, 0.2) is 54.1 Å². The van der Waals surface area contributed by atoms with E-state index in [9.17, 15) is 14.7 Å². The molecule has 1 amide bonds. The van der Waals surface area contributed by atoms with Gasteiger partial charge in [0.2, 0.25) is 0 Å². The van der Waals surface area contributed by atoms with E-state index in [1.54, 1.807) is 29.2 Å². The minimum atomic E-state index is -0.626. The van der Waals surface area contributed by atoms with Crippen LogP contribution in [0.2, 0.25) is 5.02 Å². The minimum absolute atomic E-state index is 0.128. The number of aryl methyl sites for hydroxylation is 1. The fourth-order valence-corrected chi connectivity index (χ4v) is 5.57. The lowest BCUT2D eigenvalue weighted by Crippen LogP contribution is -2.30. The number of nitrogens with zero attached hydrogens (tertiary/aromatic N) is 1. The molecule has 5 heteroatoms. The van der Waals surface area contributed by atoms with Crippen molar-refractivity contribution in [2.24, 2.45) is 0 Å². The van der Waals surface area contributed by atoms with E-state index in [0.717, 1.165) is 30.4 Å². The molecule has 0 aromatic heterocycles. The molecule has 39 heavy (non-hydrogen) atoms. The number of aliphatic hydroxyl groups excluding tert-OH is 1. The topological polar surface area (TPSA) is 57.6 Å². The molecular formula is C34H46ClNO3. The second-order valence-electron chi connectivity index (χ2n) is 11.0. The van der Waals surface area contributed by atoms with Gasteiger partial charge in [0, 0.05) is 17.1 Å². The molecule has 2 aromatic carbocycles. The first-order valence-electron chi connectivity index (χ1n) is 15.0. The SMILES string of the molecule is CCCCCCCCCCCCCCCCN1C(=O)C(=O)C(=C(O)c2ccc(C)cc2)[C@H]1c1ccc(Cl)cc1. The zero-order valence-electron chi connectivity index (χ0n) is 23.9. The average Bonchev–Trinajstić information content (AvgIpc) is 3.18. The summed E-state index contributed by atoms with van der Waals surface area (Å²) in [6.45, 7) is 4.71. The number of carbonyl (C=O) groups is 2. The summed E-state index contributed by atoms with van der Waals surface area (Å²) >= 11 is 6.12. The number of unbranched alkanes of at least 4 members (excludes halogenated alkanes) is 13. The number of likely N-dealkylation sites (tertiary alicyclic amines) is 1. The summed E-state index contributed by atoms with van der Waals surface area (Å²) < 4.78 is 0. The zero-order chi connectivity index (χ0) is 28.0. The third-order valence-electron chi connectivity index (χ3n) is 7.80. The van der Waals surface area contributed by atoms with E-state index >= 15 is 0 Å². The Morgan fingerprint density at radius 3 is 1.74 bits per heavy atom. The second kappa shape index (κ2) is 16.5. The molecule has 0 aliphatic carbocycles. The van der Waals surface area contributed by atoms with E-state index < -0.39 is 17.7 Å². The number of ketones is 1. The summed E-state index contributed by atoms with van der Waals surface area (Å²) in [4.78, 5) is 27.9. The molecule has 1 atom stereocenters. The Labute approximate surface area is 240 Å². The first kappa shape index (κ1) is 30.9. The van der Waals surface area contributed by atoms with Crippen molar-refractivity contribution in [1.29, 1.82) is 0 Å². The Kier molecular flexibility index (Phi) is 13.1. The lowest BCUT2D eigenvalue weighted by Gasteiger charge is -2.25. The van der Waals surface area contributed by atoms with E-state index in [1.807, 2.05) is 31.2 Å². The zero-order valence-corrected chi connectivity index (χ0v) is 24.6. The highest BCUT2D eigenvalue weighted by atomic mass is 35.5. The van der Waals surface area contributed by atoms with Gasteiger partial charge in [-0.3, -0.25) is 9.59 Å². The standard InChI is InChI=1S/C34H46ClNO3/c1-3-4-5-6-7-8-9-10-11-12-13-14-15-16-25-36-31(27-21-23-29(35)24-22-27)30(33(38)34(36)39)32(37)28-19-17-26(2)18-20-28/h17-24,31,37H,3-16,25H2,1-2H3/t31-/m1/s1. The molecular weight excluding hydrogens is 506 g/mol. The molecule has 0 bridgehead atoms. The number of hydrogen-bond acceptors (Lipinski definition) is 3. The Balaban J connectivity index is 1.52. The number of carbonyl (C=O) groups excluding carboxylic acids is 2. The third-order valence-corrected chi connectivity index (χ3v) is 8.06. The largest absolute Gasteiger partial charge is 0.507 e. The monoisotopic (exact) mass is 551 g/mol. The molecule has 0 unspecified atom stereocenters.